The fraction of sp³-hybridized carbons (Fsp3) is 0.375. The molecule has 2 aliphatic rings. The molecule has 1 aliphatic heterocycles. The van der Waals surface area contributed by atoms with E-state index in [1.165, 1.54) is 9.48 Å². The zero-order valence-corrected chi connectivity index (χ0v) is 19.1. The summed E-state index contributed by atoms with van der Waals surface area (Å²) in [7, 11) is 1.57. The standard InChI is InChI=1S/C24H27N4O5/c1-5-12-27-23(29)17-8-6-7-9-18(17)28(24(27)30)14-21-25-22(26-33-21)16-10-11-19(32-15(2)3)20(13-16)31-4/h6-11,13,15,17H,5,12,14H2,1-4H3/q+1. The number of rotatable bonds is 8. The lowest BCUT2D eigenvalue weighted by atomic mass is 9.94. The average molecular weight is 452 g/mol. The minimum absolute atomic E-state index is 0.00720. The number of nitrogens with zero attached hydrogens (tertiary/aromatic N) is 4. The van der Waals surface area contributed by atoms with Crippen LogP contribution in [0, 0.1) is 5.92 Å². The lowest BCUT2D eigenvalue weighted by Crippen LogP contribution is -2.54. The number of amides is 3. The van der Waals surface area contributed by atoms with E-state index < -0.39 is 5.92 Å². The molecule has 0 bridgehead atoms. The lowest BCUT2D eigenvalue weighted by molar-refractivity contribution is -0.460. The van der Waals surface area contributed by atoms with E-state index in [4.69, 9.17) is 14.0 Å². The normalized spacial score (nSPS) is 17.7. The Labute approximate surface area is 192 Å². The number of urea groups is 1. The Balaban J connectivity index is 1.63. The predicted molar refractivity (Wildman–Crippen MR) is 120 cm³/mol. The van der Waals surface area contributed by atoms with Gasteiger partial charge in [0.2, 0.25) is 5.82 Å². The quantitative estimate of drug-likeness (QED) is 0.566. The second-order valence-electron chi connectivity index (χ2n) is 8.05. The molecule has 9 nitrogen and oxygen atoms in total. The van der Waals surface area contributed by atoms with Crippen molar-refractivity contribution in [3.63, 3.8) is 0 Å². The number of fused-ring (bicyclic) bond motifs is 1. The first-order chi connectivity index (χ1) is 15.9. The van der Waals surface area contributed by atoms with E-state index in [2.05, 4.69) is 10.1 Å². The molecule has 0 saturated heterocycles. The smallest absolute Gasteiger partial charge is 0.493 e. The Hall–Kier alpha value is -3.75. The van der Waals surface area contributed by atoms with Crippen LogP contribution in [0.1, 0.15) is 33.1 Å². The Morgan fingerprint density at radius 2 is 2.03 bits per heavy atom. The molecule has 9 heteroatoms. The van der Waals surface area contributed by atoms with Crippen LogP contribution in [-0.4, -0.2) is 57.0 Å². The van der Waals surface area contributed by atoms with E-state index in [0.717, 1.165) is 0 Å². The van der Waals surface area contributed by atoms with Crippen LogP contribution in [0.2, 0.25) is 0 Å². The largest absolute Gasteiger partial charge is 0.501 e. The van der Waals surface area contributed by atoms with Gasteiger partial charge in [0.1, 0.15) is 11.6 Å². The Kier molecular flexibility index (Phi) is 6.39. The Morgan fingerprint density at radius 1 is 1.21 bits per heavy atom. The molecule has 1 aliphatic carbocycles. The van der Waals surface area contributed by atoms with Crippen molar-refractivity contribution in [1.82, 2.24) is 15.0 Å². The zero-order valence-electron chi connectivity index (χ0n) is 19.1. The van der Waals surface area contributed by atoms with Crippen LogP contribution >= 0.6 is 0 Å². The number of imide groups is 1. The molecule has 33 heavy (non-hydrogen) atoms. The van der Waals surface area contributed by atoms with Crippen molar-refractivity contribution in [3.8, 4) is 22.9 Å². The molecule has 2 aromatic rings. The number of ether oxygens (including phenoxy) is 2. The number of aromatic nitrogens is 2. The minimum Gasteiger partial charge on any atom is -0.493 e. The van der Waals surface area contributed by atoms with Gasteiger partial charge >= 0.3 is 11.9 Å². The van der Waals surface area contributed by atoms with E-state index in [9.17, 15) is 9.59 Å². The number of benzene rings is 1. The number of carbonyl (C=O) groups is 2. The molecule has 0 N–H and O–H groups in total. The molecule has 1 aromatic heterocycles. The molecule has 0 saturated carbocycles. The van der Waals surface area contributed by atoms with Crippen LogP contribution in [0.3, 0.4) is 0 Å². The van der Waals surface area contributed by atoms with Crippen molar-refractivity contribution in [2.45, 2.75) is 39.8 Å². The fourth-order valence-electron chi connectivity index (χ4n) is 3.83. The zero-order chi connectivity index (χ0) is 23.5. The number of methoxy groups -OCH3 is 1. The summed E-state index contributed by atoms with van der Waals surface area (Å²) in [5.41, 5.74) is 1.30. The summed E-state index contributed by atoms with van der Waals surface area (Å²) in [4.78, 5) is 31.7. The summed E-state index contributed by atoms with van der Waals surface area (Å²) < 4.78 is 18.2. The van der Waals surface area contributed by atoms with Gasteiger partial charge in [0.05, 0.1) is 19.8 Å². The van der Waals surface area contributed by atoms with Gasteiger partial charge < -0.3 is 14.0 Å². The summed E-state index contributed by atoms with van der Waals surface area (Å²) in [5.74, 6) is 1.10. The molecule has 0 fully saturated rings. The van der Waals surface area contributed by atoms with Gasteiger partial charge in [-0.2, -0.15) is 19.3 Å². The van der Waals surface area contributed by atoms with Crippen molar-refractivity contribution >= 4 is 17.6 Å². The molecule has 1 aromatic carbocycles. The van der Waals surface area contributed by atoms with Crippen molar-refractivity contribution in [2.75, 3.05) is 13.7 Å². The summed E-state index contributed by atoms with van der Waals surface area (Å²) in [5, 5.41) is 4.08. The third kappa shape index (κ3) is 4.44. The summed E-state index contributed by atoms with van der Waals surface area (Å²) in [6.07, 6.45) is 7.88. The predicted octanol–water partition coefficient (Wildman–Crippen LogP) is 3.60. The Morgan fingerprint density at radius 3 is 2.76 bits per heavy atom. The van der Waals surface area contributed by atoms with E-state index in [1.807, 2.05) is 32.9 Å². The number of hydrogen-bond acceptors (Lipinski definition) is 7. The molecule has 1 unspecified atom stereocenters. The van der Waals surface area contributed by atoms with Gasteiger partial charge in [-0.1, -0.05) is 30.3 Å². The highest BCUT2D eigenvalue weighted by molar-refractivity contribution is 6.16. The third-order valence-corrected chi connectivity index (χ3v) is 5.30. The van der Waals surface area contributed by atoms with Crippen LogP contribution in [0.25, 0.3) is 11.4 Å². The van der Waals surface area contributed by atoms with Crippen molar-refractivity contribution in [1.29, 1.82) is 0 Å². The minimum atomic E-state index is -0.501. The average Bonchev–Trinajstić information content (AvgIpc) is 3.28. The number of hydrogen-bond donors (Lipinski definition) is 0. The van der Waals surface area contributed by atoms with Crippen molar-refractivity contribution in [2.24, 2.45) is 5.92 Å². The fourth-order valence-corrected chi connectivity index (χ4v) is 3.83. The molecule has 1 atom stereocenters. The molecule has 0 radical (unpaired) electrons. The van der Waals surface area contributed by atoms with Crippen LogP contribution in [-0.2, 0) is 11.3 Å². The van der Waals surface area contributed by atoms with Gasteiger partial charge in [-0.15, -0.1) is 0 Å². The van der Waals surface area contributed by atoms with E-state index >= 15 is 0 Å². The molecular weight excluding hydrogens is 424 g/mol. The van der Waals surface area contributed by atoms with Gasteiger partial charge in [0.25, 0.3) is 5.89 Å². The summed E-state index contributed by atoms with van der Waals surface area (Å²) in [6.45, 7) is 6.23. The highest BCUT2D eigenvalue weighted by Crippen LogP contribution is 2.32. The molecular formula is C24H27N4O5+. The maximum absolute atomic E-state index is 13.1. The highest BCUT2D eigenvalue weighted by Gasteiger charge is 2.46. The van der Waals surface area contributed by atoms with E-state index in [0.29, 0.717) is 41.6 Å². The van der Waals surface area contributed by atoms with Crippen LogP contribution < -0.4 is 9.47 Å². The van der Waals surface area contributed by atoms with Crippen molar-refractivity contribution in [3.05, 3.63) is 48.4 Å². The van der Waals surface area contributed by atoms with E-state index in [-0.39, 0.29) is 30.5 Å². The first-order valence-corrected chi connectivity index (χ1v) is 10.9. The Bertz CT molecular complexity index is 1160. The molecule has 172 valence electrons. The van der Waals surface area contributed by atoms with Gasteiger partial charge in [-0.05, 0) is 44.5 Å². The molecule has 2 heterocycles. The monoisotopic (exact) mass is 451 g/mol. The lowest BCUT2D eigenvalue weighted by Gasteiger charge is -2.26. The highest BCUT2D eigenvalue weighted by atomic mass is 16.5. The van der Waals surface area contributed by atoms with Gasteiger partial charge in [0.15, 0.2) is 18.0 Å². The first kappa shape index (κ1) is 22.4. The maximum Gasteiger partial charge on any atom is 0.501 e. The van der Waals surface area contributed by atoms with Crippen LogP contribution in [0.15, 0.2) is 47.0 Å². The number of carbonyl (C=O) groups excluding carboxylic acids is 2. The molecule has 0 spiro atoms. The number of allylic oxidation sites excluding steroid dienone is 3. The second-order valence-corrected chi connectivity index (χ2v) is 8.05. The van der Waals surface area contributed by atoms with Crippen molar-refractivity contribution < 1.29 is 28.2 Å². The van der Waals surface area contributed by atoms with Crippen LogP contribution in [0.4, 0.5) is 4.79 Å². The molecule has 4 rings (SSSR count). The maximum atomic E-state index is 13.1. The van der Waals surface area contributed by atoms with E-state index in [1.54, 1.807) is 37.5 Å². The SMILES string of the molecule is CCCN1C(=O)C2C=CC=CC2=[N+](Cc2nc(-c3ccc(OC(C)C)c(OC)c3)no2)C1=O. The molecule has 3 amide bonds. The topological polar surface area (TPSA) is 97.8 Å². The van der Waals surface area contributed by atoms with Gasteiger partial charge in [-0.25, -0.2) is 4.79 Å². The van der Waals surface area contributed by atoms with Gasteiger partial charge in [0, 0.05) is 5.56 Å². The van der Waals surface area contributed by atoms with Crippen LogP contribution in [0.5, 0.6) is 11.5 Å². The van der Waals surface area contributed by atoms with Gasteiger partial charge in [-0.3, -0.25) is 0 Å². The summed E-state index contributed by atoms with van der Waals surface area (Å²) >= 11 is 0. The summed E-state index contributed by atoms with van der Waals surface area (Å²) in [6, 6.07) is 5.01. The first-order valence-electron chi connectivity index (χ1n) is 10.9. The third-order valence-electron chi connectivity index (χ3n) is 5.30. The second kappa shape index (κ2) is 9.40.